The Bertz CT molecular complexity index is 127. The van der Waals surface area contributed by atoms with Crippen LogP contribution in [0.3, 0.4) is 0 Å². The molecule has 0 aromatic rings. The number of thioether (sulfide) groups is 2. The maximum atomic E-state index is 9.70. The Balaban J connectivity index is -0.000000187. The molecule has 97 valence electrons. The molecule has 0 saturated heterocycles. The fourth-order valence-corrected chi connectivity index (χ4v) is 1.93. The Morgan fingerprint density at radius 2 is 1.40 bits per heavy atom. The fourth-order valence-electron chi connectivity index (χ4n) is 0.407. The van der Waals surface area contributed by atoms with E-state index < -0.39 is 5.97 Å². The van der Waals surface area contributed by atoms with Gasteiger partial charge >= 0.3 is 5.97 Å². The Labute approximate surface area is 118 Å². The molecule has 0 unspecified atom stereocenters. The predicted molar refractivity (Wildman–Crippen MR) is 68.5 cm³/mol. The van der Waals surface area contributed by atoms with Crippen molar-refractivity contribution in [3.05, 3.63) is 0 Å². The third-order valence-electron chi connectivity index (χ3n) is 1.27. The minimum Gasteiger partial charge on any atom is -0.481 e. The van der Waals surface area contributed by atoms with Crippen molar-refractivity contribution in [2.45, 2.75) is 27.7 Å². The third kappa shape index (κ3) is 25.3. The van der Waals surface area contributed by atoms with Gasteiger partial charge in [0.15, 0.2) is 0 Å². The zero-order chi connectivity index (χ0) is 11.4. The molecule has 0 heterocycles. The molecular formula is C10H22AgO2S2. The molecule has 1 N–H and O–H groups in total. The fraction of sp³-hybridized carbons (Fsp3) is 0.900. The van der Waals surface area contributed by atoms with E-state index in [0.717, 1.165) is 0 Å². The number of aliphatic carboxylic acids is 1. The molecule has 0 bridgehead atoms. The van der Waals surface area contributed by atoms with Crippen molar-refractivity contribution in [3.63, 3.8) is 0 Å². The zero-order valence-corrected chi connectivity index (χ0v) is 13.0. The van der Waals surface area contributed by atoms with E-state index in [9.17, 15) is 4.79 Å². The summed E-state index contributed by atoms with van der Waals surface area (Å²) in [5.74, 6) is 4.22. The molecule has 0 fully saturated rings. The van der Waals surface area contributed by atoms with Crippen molar-refractivity contribution in [2.75, 3.05) is 23.0 Å². The first-order chi connectivity index (χ1) is 6.56. The summed E-state index contributed by atoms with van der Waals surface area (Å²) in [6, 6.07) is 0. The molecule has 0 aliphatic rings. The van der Waals surface area contributed by atoms with Gasteiger partial charge in [-0.15, -0.1) is 0 Å². The van der Waals surface area contributed by atoms with Crippen LogP contribution in [0.4, 0.5) is 0 Å². The van der Waals surface area contributed by atoms with Crippen molar-refractivity contribution in [3.8, 4) is 0 Å². The minimum absolute atomic E-state index is 0. The number of rotatable bonds is 6. The minimum atomic E-state index is -0.741. The van der Waals surface area contributed by atoms with Crippen LogP contribution in [0.25, 0.3) is 0 Å². The van der Waals surface area contributed by atoms with Gasteiger partial charge in [-0.2, -0.15) is 23.5 Å². The van der Waals surface area contributed by atoms with Crippen LogP contribution in [-0.4, -0.2) is 34.1 Å². The van der Waals surface area contributed by atoms with Crippen LogP contribution >= 0.6 is 23.5 Å². The van der Waals surface area contributed by atoms with Gasteiger partial charge in [0.25, 0.3) is 0 Å². The Morgan fingerprint density at radius 1 is 1.13 bits per heavy atom. The molecule has 0 saturated carbocycles. The smallest absolute Gasteiger partial charge is 0.305 e. The molecule has 15 heavy (non-hydrogen) atoms. The maximum absolute atomic E-state index is 9.70. The first kappa shape index (κ1) is 21.2. The number of carboxylic acids is 1. The Kier molecular flexibility index (Phi) is 24.5. The van der Waals surface area contributed by atoms with Gasteiger partial charge in [0, 0.05) is 33.9 Å². The summed E-state index contributed by atoms with van der Waals surface area (Å²) in [5.41, 5.74) is 0. The first-order valence-electron chi connectivity index (χ1n) is 4.94. The SMILES string of the molecule is CC(C)C(=O)O.CCSCCSCC.[Ag]. The number of carboxylic acid groups (broad SMARTS) is 1. The van der Waals surface area contributed by atoms with E-state index >= 15 is 0 Å². The van der Waals surface area contributed by atoms with E-state index in [-0.39, 0.29) is 28.3 Å². The van der Waals surface area contributed by atoms with Crippen molar-refractivity contribution in [1.29, 1.82) is 0 Å². The summed E-state index contributed by atoms with van der Waals surface area (Å²) < 4.78 is 0. The predicted octanol–water partition coefficient (Wildman–Crippen LogP) is 3.22. The van der Waals surface area contributed by atoms with Crippen LogP contribution in [0.2, 0.25) is 0 Å². The molecule has 0 atom stereocenters. The van der Waals surface area contributed by atoms with Gasteiger partial charge in [0.1, 0.15) is 0 Å². The van der Waals surface area contributed by atoms with Crippen molar-refractivity contribution in [1.82, 2.24) is 0 Å². The quantitative estimate of drug-likeness (QED) is 0.592. The number of carbonyl (C=O) groups is 1. The summed E-state index contributed by atoms with van der Waals surface area (Å²) in [7, 11) is 0. The van der Waals surface area contributed by atoms with E-state index in [2.05, 4.69) is 13.8 Å². The van der Waals surface area contributed by atoms with Crippen LogP contribution in [0.1, 0.15) is 27.7 Å². The molecule has 5 heteroatoms. The third-order valence-corrected chi connectivity index (χ3v) is 3.33. The molecule has 0 amide bonds. The van der Waals surface area contributed by atoms with E-state index in [1.165, 1.54) is 23.0 Å². The van der Waals surface area contributed by atoms with Crippen LogP contribution in [-0.2, 0) is 27.2 Å². The maximum Gasteiger partial charge on any atom is 0.305 e. The van der Waals surface area contributed by atoms with Crippen molar-refractivity contribution >= 4 is 29.5 Å². The molecular weight excluding hydrogens is 324 g/mol. The van der Waals surface area contributed by atoms with Crippen LogP contribution in [0, 0.1) is 5.92 Å². The monoisotopic (exact) mass is 345 g/mol. The van der Waals surface area contributed by atoms with Crippen molar-refractivity contribution in [2.24, 2.45) is 5.92 Å². The summed E-state index contributed by atoms with van der Waals surface area (Å²) in [4.78, 5) is 9.70. The van der Waals surface area contributed by atoms with Crippen LogP contribution in [0.15, 0.2) is 0 Å². The second-order valence-electron chi connectivity index (χ2n) is 2.89. The Hall–Kier alpha value is 0.910. The first-order valence-corrected chi connectivity index (χ1v) is 7.25. The molecule has 0 aromatic heterocycles. The number of hydrogen-bond acceptors (Lipinski definition) is 3. The molecule has 0 aliphatic heterocycles. The zero-order valence-electron chi connectivity index (χ0n) is 9.88. The second kappa shape index (κ2) is 17.3. The average Bonchev–Trinajstić information content (AvgIpc) is 2.13. The summed E-state index contributed by atoms with van der Waals surface area (Å²) in [6.45, 7) is 7.70. The Morgan fingerprint density at radius 3 is 1.53 bits per heavy atom. The average molecular weight is 346 g/mol. The summed E-state index contributed by atoms with van der Waals surface area (Å²) in [6.07, 6.45) is 0. The molecule has 0 aliphatic carbocycles. The van der Waals surface area contributed by atoms with Crippen molar-refractivity contribution < 1.29 is 32.3 Å². The largest absolute Gasteiger partial charge is 0.481 e. The molecule has 0 spiro atoms. The van der Waals surface area contributed by atoms with Gasteiger partial charge in [-0.1, -0.05) is 27.7 Å². The van der Waals surface area contributed by atoms with Gasteiger partial charge in [-0.3, -0.25) is 4.79 Å². The van der Waals surface area contributed by atoms with E-state index in [0.29, 0.717) is 0 Å². The van der Waals surface area contributed by atoms with Gasteiger partial charge in [-0.05, 0) is 11.5 Å². The van der Waals surface area contributed by atoms with Gasteiger partial charge < -0.3 is 5.11 Å². The summed E-state index contributed by atoms with van der Waals surface area (Å²) in [5, 5.41) is 7.99. The molecule has 0 aromatic carbocycles. The second-order valence-corrected chi connectivity index (χ2v) is 5.67. The van der Waals surface area contributed by atoms with E-state index in [1.807, 2.05) is 23.5 Å². The molecule has 0 rings (SSSR count). The van der Waals surface area contributed by atoms with E-state index in [4.69, 9.17) is 5.11 Å². The van der Waals surface area contributed by atoms with Gasteiger partial charge in [0.2, 0.25) is 0 Å². The molecule has 2 nitrogen and oxygen atoms in total. The van der Waals surface area contributed by atoms with E-state index in [1.54, 1.807) is 13.8 Å². The van der Waals surface area contributed by atoms with Crippen LogP contribution < -0.4 is 0 Å². The number of hydrogen-bond donors (Lipinski definition) is 1. The van der Waals surface area contributed by atoms with Crippen LogP contribution in [0.5, 0.6) is 0 Å². The van der Waals surface area contributed by atoms with Gasteiger partial charge in [-0.25, -0.2) is 0 Å². The van der Waals surface area contributed by atoms with Gasteiger partial charge in [0.05, 0.1) is 5.92 Å². The topological polar surface area (TPSA) is 37.3 Å². The summed E-state index contributed by atoms with van der Waals surface area (Å²) >= 11 is 4.05. The normalized spacial score (nSPS) is 8.87. The molecule has 1 radical (unpaired) electrons. The standard InChI is InChI=1S/C6H14S2.C4H8O2.Ag/c1-3-7-5-6-8-4-2;1-3(2)4(5)6;/h3-6H2,1-2H3;3H,1-2H3,(H,5,6);.